The zero-order valence-electron chi connectivity index (χ0n) is 6.27. The van der Waals surface area contributed by atoms with Crippen LogP contribution in [0.1, 0.15) is 6.42 Å². The van der Waals surface area contributed by atoms with Gasteiger partial charge in [0.05, 0.1) is 0 Å². The fourth-order valence-electron chi connectivity index (χ4n) is 0.493. The standard InChI is InChI=1S/C5H11FN2O2.2ClH/c6-3(1-2-7)4(8)5(9)10;;/h3-4H,1-2,7-8H2,(H,9,10);2*1H/t3-,4+;;/m1../s1. The molecule has 0 aliphatic carbocycles. The van der Waals surface area contributed by atoms with Gasteiger partial charge in [0.15, 0.2) is 0 Å². The summed E-state index contributed by atoms with van der Waals surface area (Å²) in [6.45, 7) is 0.113. The highest BCUT2D eigenvalue weighted by molar-refractivity contribution is 5.85. The fourth-order valence-corrected chi connectivity index (χ4v) is 0.493. The molecule has 0 saturated carbocycles. The van der Waals surface area contributed by atoms with Gasteiger partial charge < -0.3 is 16.6 Å². The van der Waals surface area contributed by atoms with Gasteiger partial charge in [-0.2, -0.15) is 0 Å². The molecule has 0 fully saturated rings. The van der Waals surface area contributed by atoms with Crippen molar-refractivity contribution in [1.82, 2.24) is 0 Å². The van der Waals surface area contributed by atoms with E-state index in [1.54, 1.807) is 0 Å². The zero-order chi connectivity index (χ0) is 8.15. The number of rotatable bonds is 4. The molecule has 2 atom stereocenters. The summed E-state index contributed by atoms with van der Waals surface area (Å²) in [5, 5.41) is 8.17. The Morgan fingerprint density at radius 1 is 1.50 bits per heavy atom. The summed E-state index contributed by atoms with van der Waals surface area (Å²) < 4.78 is 12.5. The first-order chi connectivity index (χ1) is 4.59. The van der Waals surface area contributed by atoms with Gasteiger partial charge in [-0.15, -0.1) is 24.8 Å². The SMILES string of the molecule is Cl.Cl.NCC[C@@H](F)[C@H](N)C(=O)O. The van der Waals surface area contributed by atoms with Gasteiger partial charge in [0.2, 0.25) is 0 Å². The van der Waals surface area contributed by atoms with E-state index in [-0.39, 0.29) is 37.8 Å². The van der Waals surface area contributed by atoms with E-state index in [9.17, 15) is 9.18 Å². The first-order valence-electron chi connectivity index (χ1n) is 2.92. The molecule has 0 aromatic carbocycles. The van der Waals surface area contributed by atoms with Crippen LogP contribution in [0.5, 0.6) is 0 Å². The highest BCUT2D eigenvalue weighted by Gasteiger charge is 2.22. The first-order valence-corrected chi connectivity index (χ1v) is 2.92. The van der Waals surface area contributed by atoms with Crippen molar-refractivity contribution in [2.75, 3.05) is 6.54 Å². The van der Waals surface area contributed by atoms with Crippen molar-refractivity contribution in [2.45, 2.75) is 18.6 Å². The lowest BCUT2D eigenvalue weighted by Crippen LogP contribution is -2.40. The average Bonchev–Trinajstić information content (AvgIpc) is 1.87. The molecule has 0 amide bonds. The van der Waals surface area contributed by atoms with Crippen LogP contribution >= 0.6 is 24.8 Å². The van der Waals surface area contributed by atoms with E-state index in [4.69, 9.17) is 16.6 Å². The molecule has 0 aliphatic heterocycles. The van der Waals surface area contributed by atoms with Crippen LogP contribution in [0.3, 0.4) is 0 Å². The molecule has 0 aromatic rings. The molecule has 0 aromatic heterocycles. The summed E-state index contributed by atoms with van der Waals surface area (Å²) in [5.41, 5.74) is 9.89. The van der Waals surface area contributed by atoms with Crippen LogP contribution in [-0.2, 0) is 4.79 Å². The molecular weight excluding hydrogens is 210 g/mol. The predicted molar refractivity (Wildman–Crippen MR) is 48.7 cm³/mol. The number of alkyl halides is 1. The molecular formula is C5H13Cl2FN2O2. The van der Waals surface area contributed by atoms with Crippen LogP contribution in [0.25, 0.3) is 0 Å². The third-order valence-electron chi connectivity index (χ3n) is 1.12. The molecule has 0 radical (unpaired) electrons. The molecule has 76 valence electrons. The smallest absolute Gasteiger partial charge is 0.323 e. The normalized spacial score (nSPS) is 13.6. The van der Waals surface area contributed by atoms with E-state index in [0.29, 0.717) is 0 Å². The Kier molecular flexibility index (Phi) is 13.4. The second-order valence-corrected chi connectivity index (χ2v) is 1.96. The Hall–Kier alpha value is -0.100. The van der Waals surface area contributed by atoms with Crippen molar-refractivity contribution in [3.63, 3.8) is 0 Å². The maximum absolute atomic E-state index is 12.5. The van der Waals surface area contributed by atoms with E-state index in [1.807, 2.05) is 0 Å². The van der Waals surface area contributed by atoms with Crippen LogP contribution in [-0.4, -0.2) is 29.8 Å². The highest BCUT2D eigenvalue weighted by atomic mass is 35.5. The van der Waals surface area contributed by atoms with Crippen molar-refractivity contribution in [2.24, 2.45) is 11.5 Å². The van der Waals surface area contributed by atoms with Gasteiger partial charge in [-0.25, -0.2) is 4.39 Å². The minimum absolute atomic E-state index is 0. The number of nitrogens with two attached hydrogens (primary N) is 2. The van der Waals surface area contributed by atoms with Gasteiger partial charge in [-0.3, -0.25) is 4.79 Å². The number of carbonyl (C=O) groups is 1. The number of carboxylic acids is 1. The van der Waals surface area contributed by atoms with Crippen LogP contribution in [0.4, 0.5) is 4.39 Å². The van der Waals surface area contributed by atoms with E-state index in [0.717, 1.165) is 0 Å². The summed E-state index contributed by atoms with van der Waals surface area (Å²) >= 11 is 0. The number of hydrogen-bond donors (Lipinski definition) is 3. The maximum atomic E-state index is 12.5. The lowest BCUT2D eigenvalue weighted by molar-refractivity contribution is -0.140. The average molecular weight is 223 g/mol. The second-order valence-electron chi connectivity index (χ2n) is 1.96. The number of carboxylic acid groups (broad SMARTS) is 1. The Bertz CT molecular complexity index is 128. The van der Waals surface area contributed by atoms with E-state index in [2.05, 4.69) is 0 Å². The molecule has 4 nitrogen and oxygen atoms in total. The monoisotopic (exact) mass is 222 g/mol. The van der Waals surface area contributed by atoms with Crippen molar-refractivity contribution in [1.29, 1.82) is 0 Å². The summed E-state index contributed by atoms with van der Waals surface area (Å²) in [4.78, 5) is 10.0. The summed E-state index contributed by atoms with van der Waals surface area (Å²) in [6, 6.07) is -1.44. The van der Waals surface area contributed by atoms with Crippen molar-refractivity contribution in [3.05, 3.63) is 0 Å². The van der Waals surface area contributed by atoms with Crippen molar-refractivity contribution >= 4 is 30.8 Å². The third kappa shape index (κ3) is 6.60. The van der Waals surface area contributed by atoms with Gasteiger partial charge >= 0.3 is 5.97 Å². The molecule has 0 saturated heterocycles. The molecule has 0 heterocycles. The quantitative estimate of drug-likeness (QED) is 0.622. The molecule has 5 N–H and O–H groups in total. The lowest BCUT2D eigenvalue weighted by atomic mass is 10.1. The number of hydrogen-bond acceptors (Lipinski definition) is 3. The number of halogens is 3. The van der Waals surface area contributed by atoms with Crippen LogP contribution < -0.4 is 11.5 Å². The van der Waals surface area contributed by atoms with E-state index >= 15 is 0 Å². The van der Waals surface area contributed by atoms with Gasteiger partial charge in [-0.1, -0.05) is 0 Å². The second kappa shape index (κ2) is 8.99. The molecule has 0 bridgehead atoms. The van der Waals surface area contributed by atoms with E-state index < -0.39 is 18.2 Å². The van der Waals surface area contributed by atoms with Gasteiger partial charge in [0.1, 0.15) is 12.2 Å². The first kappa shape index (κ1) is 17.8. The molecule has 12 heavy (non-hydrogen) atoms. The largest absolute Gasteiger partial charge is 0.480 e. The zero-order valence-corrected chi connectivity index (χ0v) is 7.91. The van der Waals surface area contributed by atoms with Gasteiger partial charge in [0, 0.05) is 0 Å². The van der Waals surface area contributed by atoms with Crippen molar-refractivity contribution < 1.29 is 14.3 Å². The van der Waals surface area contributed by atoms with Crippen molar-refractivity contribution in [3.8, 4) is 0 Å². The Morgan fingerprint density at radius 3 is 2.17 bits per heavy atom. The summed E-state index contributed by atoms with van der Waals surface area (Å²) in [7, 11) is 0. The molecule has 0 rings (SSSR count). The molecule has 0 unspecified atom stereocenters. The minimum atomic E-state index is -1.54. The molecule has 7 heteroatoms. The Labute approximate surface area is 82.3 Å². The summed E-state index contributed by atoms with van der Waals surface area (Å²) in [5.74, 6) is -1.33. The van der Waals surface area contributed by atoms with Crippen LogP contribution in [0.2, 0.25) is 0 Å². The number of aliphatic carboxylic acids is 1. The Balaban J connectivity index is -0.000000405. The third-order valence-corrected chi connectivity index (χ3v) is 1.12. The van der Waals surface area contributed by atoms with Crippen LogP contribution in [0, 0.1) is 0 Å². The van der Waals surface area contributed by atoms with E-state index in [1.165, 1.54) is 0 Å². The fraction of sp³-hybridized carbons (Fsp3) is 0.800. The van der Waals surface area contributed by atoms with Crippen LogP contribution in [0.15, 0.2) is 0 Å². The summed E-state index contributed by atoms with van der Waals surface area (Å²) in [6.07, 6.45) is -1.55. The maximum Gasteiger partial charge on any atom is 0.323 e. The molecule has 0 spiro atoms. The van der Waals surface area contributed by atoms with Gasteiger partial charge in [0.25, 0.3) is 0 Å². The topological polar surface area (TPSA) is 89.3 Å². The highest BCUT2D eigenvalue weighted by Crippen LogP contribution is 2.00. The Morgan fingerprint density at radius 2 is 1.92 bits per heavy atom. The molecule has 0 aliphatic rings. The van der Waals surface area contributed by atoms with Gasteiger partial charge in [-0.05, 0) is 13.0 Å². The lowest BCUT2D eigenvalue weighted by Gasteiger charge is -2.09. The predicted octanol–water partition coefficient (Wildman–Crippen LogP) is -0.0712. The minimum Gasteiger partial charge on any atom is -0.480 e.